The minimum Gasteiger partial charge on any atom is -0.486 e. The number of ether oxygens (including phenoxy) is 2. The Balaban J connectivity index is 1.75. The molecule has 1 amide bonds. The van der Waals surface area contributed by atoms with Crippen LogP contribution in [0.3, 0.4) is 0 Å². The highest BCUT2D eigenvalue weighted by atomic mass is 79.9. The van der Waals surface area contributed by atoms with E-state index >= 15 is 0 Å². The molecule has 0 radical (unpaired) electrons. The third-order valence-corrected chi connectivity index (χ3v) is 5.34. The fourth-order valence-electron chi connectivity index (χ4n) is 2.97. The van der Waals surface area contributed by atoms with Crippen LogP contribution in [-0.4, -0.2) is 24.9 Å². The molecule has 0 spiro atoms. The van der Waals surface area contributed by atoms with Crippen LogP contribution in [0.1, 0.15) is 26.3 Å². The van der Waals surface area contributed by atoms with Crippen molar-refractivity contribution in [2.75, 3.05) is 18.5 Å². The number of carbonyl (C=O) groups excluding carboxylic acids is 2. The first-order valence-electron chi connectivity index (χ1n) is 8.83. The van der Waals surface area contributed by atoms with Crippen LogP contribution in [0.2, 0.25) is 5.02 Å². The molecule has 0 saturated carbocycles. The molecule has 0 unspecified atom stereocenters. The third-order valence-electron chi connectivity index (χ3n) is 4.40. The Kier molecular flexibility index (Phi) is 5.56. The van der Waals surface area contributed by atoms with Gasteiger partial charge in [0.2, 0.25) is 0 Å². The maximum Gasteiger partial charge on any atom is 0.255 e. The third kappa shape index (κ3) is 4.13. The number of carbonyl (C=O) groups is 2. The molecule has 0 atom stereocenters. The topological polar surface area (TPSA) is 64.6 Å². The predicted octanol–water partition coefficient (Wildman–Crippen LogP) is 5.36. The zero-order valence-corrected chi connectivity index (χ0v) is 17.4. The largest absolute Gasteiger partial charge is 0.486 e. The molecule has 3 aromatic carbocycles. The SMILES string of the molecule is O=C(Nc1cc2c(cc1C(=O)c1ccccc1Br)OCCO2)c1ccc(Cl)cc1. The van der Waals surface area contributed by atoms with Crippen molar-refractivity contribution in [1.82, 2.24) is 0 Å². The van der Waals surface area contributed by atoms with Gasteiger partial charge in [0, 0.05) is 26.7 Å². The number of amides is 1. The van der Waals surface area contributed by atoms with Crippen LogP contribution in [0.25, 0.3) is 0 Å². The van der Waals surface area contributed by atoms with E-state index in [0.29, 0.717) is 56.6 Å². The second-order valence-corrected chi connectivity index (χ2v) is 7.60. The van der Waals surface area contributed by atoms with Crippen molar-refractivity contribution in [3.05, 3.63) is 86.8 Å². The number of ketones is 1. The van der Waals surface area contributed by atoms with Crippen molar-refractivity contribution >= 4 is 44.9 Å². The zero-order chi connectivity index (χ0) is 20.4. The molecular formula is C22H15BrClNO4. The zero-order valence-electron chi connectivity index (χ0n) is 15.1. The molecule has 0 fully saturated rings. The van der Waals surface area contributed by atoms with Gasteiger partial charge in [0.05, 0.1) is 11.3 Å². The quantitative estimate of drug-likeness (QED) is 0.519. The van der Waals surface area contributed by atoms with Gasteiger partial charge in [0.25, 0.3) is 5.91 Å². The van der Waals surface area contributed by atoms with Gasteiger partial charge in [-0.05, 0) is 42.5 Å². The fourth-order valence-corrected chi connectivity index (χ4v) is 3.56. The molecule has 5 nitrogen and oxygen atoms in total. The van der Waals surface area contributed by atoms with Gasteiger partial charge in [-0.3, -0.25) is 9.59 Å². The van der Waals surface area contributed by atoms with E-state index in [9.17, 15) is 9.59 Å². The van der Waals surface area contributed by atoms with Crippen molar-refractivity contribution in [2.24, 2.45) is 0 Å². The molecule has 0 bridgehead atoms. The van der Waals surface area contributed by atoms with E-state index in [1.54, 1.807) is 54.6 Å². The van der Waals surface area contributed by atoms with Crippen molar-refractivity contribution in [3.63, 3.8) is 0 Å². The maximum atomic E-state index is 13.2. The molecule has 7 heteroatoms. The van der Waals surface area contributed by atoms with Gasteiger partial charge in [-0.2, -0.15) is 0 Å². The highest BCUT2D eigenvalue weighted by Gasteiger charge is 2.23. The maximum absolute atomic E-state index is 13.2. The second kappa shape index (κ2) is 8.27. The molecule has 0 aliphatic carbocycles. The van der Waals surface area contributed by atoms with Crippen LogP contribution in [0.15, 0.2) is 65.1 Å². The van der Waals surface area contributed by atoms with Gasteiger partial charge in [-0.15, -0.1) is 0 Å². The standard InChI is InChI=1S/C22H15BrClNO4/c23-17-4-2-1-3-15(17)21(26)16-11-19-20(29-10-9-28-19)12-18(16)25-22(27)13-5-7-14(24)8-6-13/h1-8,11-12H,9-10H2,(H,25,27). The van der Waals surface area contributed by atoms with Crippen LogP contribution >= 0.6 is 27.5 Å². The molecule has 3 aromatic rings. The first kappa shape index (κ1) is 19.5. The Morgan fingerprint density at radius 3 is 2.24 bits per heavy atom. The number of rotatable bonds is 4. The van der Waals surface area contributed by atoms with E-state index < -0.39 is 0 Å². The summed E-state index contributed by atoms with van der Waals surface area (Å²) in [5, 5.41) is 3.35. The second-order valence-electron chi connectivity index (χ2n) is 6.31. The molecule has 4 rings (SSSR count). The molecule has 1 aliphatic rings. The van der Waals surface area contributed by atoms with Crippen molar-refractivity contribution < 1.29 is 19.1 Å². The van der Waals surface area contributed by atoms with E-state index in [1.165, 1.54) is 0 Å². The van der Waals surface area contributed by atoms with E-state index in [0.717, 1.165) is 0 Å². The summed E-state index contributed by atoms with van der Waals surface area (Å²) >= 11 is 9.31. The lowest BCUT2D eigenvalue weighted by Gasteiger charge is -2.21. The Morgan fingerprint density at radius 1 is 0.897 bits per heavy atom. The normalized spacial score (nSPS) is 12.3. The van der Waals surface area contributed by atoms with Crippen LogP contribution in [0.4, 0.5) is 5.69 Å². The van der Waals surface area contributed by atoms with Gasteiger partial charge in [0.15, 0.2) is 17.3 Å². The van der Waals surface area contributed by atoms with E-state index in [-0.39, 0.29) is 11.7 Å². The van der Waals surface area contributed by atoms with Gasteiger partial charge in [0.1, 0.15) is 13.2 Å². The average Bonchev–Trinajstić information content (AvgIpc) is 2.73. The predicted molar refractivity (Wildman–Crippen MR) is 114 cm³/mol. The van der Waals surface area contributed by atoms with Gasteiger partial charge in [-0.25, -0.2) is 0 Å². The minimum absolute atomic E-state index is 0.249. The number of benzene rings is 3. The summed E-state index contributed by atoms with van der Waals surface area (Å²) in [4.78, 5) is 26.0. The highest BCUT2D eigenvalue weighted by Crippen LogP contribution is 2.37. The summed E-state index contributed by atoms with van der Waals surface area (Å²) in [6.45, 7) is 0.793. The fraction of sp³-hybridized carbons (Fsp3) is 0.0909. The number of anilines is 1. The first-order chi connectivity index (χ1) is 14.0. The molecule has 29 heavy (non-hydrogen) atoms. The Bertz CT molecular complexity index is 1100. The van der Waals surface area contributed by atoms with Crippen LogP contribution in [-0.2, 0) is 0 Å². The first-order valence-corrected chi connectivity index (χ1v) is 10.00. The number of halogens is 2. The summed E-state index contributed by atoms with van der Waals surface area (Å²) in [5.74, 6) is 0.336. The lowest BCUT2D eigenvalue weighted by Crippen LogP contribution is -2.19. The summed E-state index contributed by atoms with van der Waals surface area (Å²) < 4.78 is 11.9. The number of nitrogens with one attached hydrogen (secondary N) is 1. The minimum atomic E-state index is -0.362. The summed E-state index contributed by atoms with van der Waals surface area (Å²) in [7, 11) is 0. The van der Waals surface area contributed by atoms with Crippen molar-refractivity contribution in [3.8, 4) is 11.5 Å². The van der Waals surface area contributed by atoms with Crippen LogP contribution in [0, 0.1) is 0 Å². The Morgan fingerprint density at radius 2 is 1.55 bits per heavy atom. The number of hydrogen-bond acceptors (Lipinski definition) is 4. The molecule has 0 aromatic heterocycles. The molecule has 146 valence electrons. The van der Waals surface area contributed by atoms with E-state index in [4.69, 9.17) is 21.1 Å². The van der Waals surface area contributed by atoms with Gasteiger partial charge < -0.3 is 14.8 Å². The van der Waals surface area contributed by atoms with Gasteiger partial charge >= 0.3 is 0 Å². The lowest BCUT2D eigenvalue weighted by atomic mass is 10.0. The highest BCUT2D eigenvalue weighted by molar-refractivity contribution is 9.10. The molecule has 0 saturated heterocycles. The number of fused-ring (bicyclic) bond motifs is 1. The number of hydrogen-bond donors (Lipinski definition) is 1. The lowest BCUT2D eigenvalue weighted by molar-refractivity contribution is 0.102. The monoisotopic (exact) mass is 471 g/mol. The summed E-state index contributed by atoms with van der Waals surface area (Å²) in [5.41, 5.74) is 1.55. The van der Waals surface area contributed by atoms with Crippen LogP contribution in [0.5, 0.6) is 11.5 Å². The van der Waals surface area contributed by atoms with Crippen molar-refractivity contribution in [2.45, 2.75) is 0 Å². The van der Waals surface area contributed by atoms with Crippen LogP contribution < -0.4 is 14.8 Å². The average molecular weight is 473 g/mol. The smallest absolute Gasteiger partial charge is 0.255 e. The van der Waals surface area contributed by atoms with E-state index in [1.807, 2.05) is 6.07 Å². The Labute approximate surface area is 180 Å². The summed E-state index contributed by atoms with van der Waals surface area (Å²) in [6.07, 6.45) is 0. The molecule has 1 aliphatic heterocycles. The van der Waals surface area contributed by atoms with Crippen molar-refractivity contribution in [1.29, 1.82) is 0 Å². The summed E-state index contributed by atoms with van der Waals surface area (Å²) in [6, 6.07) is 16.8. The molecule has 1 heterocycles. The Hall–Kier alpha value is -2.83. The molecular weight excluding hydrogens is 458 g/mol. The molecule has 1 N–H and O–H groups in total. The van der Waals surface area contributed by atoms with Gasteiger partial charge in [-0.1, -0.05) is 39.7 Å². The van der Waals surface area contributed by atoms with E-state index in [2.05, 4.69) is 21.2 Å².